The highest BCUT2D eigenvalue weighted by molar-refractivity contribution is 5.95. The molecule has 2 N–H and O–H groups in total. The summed E-state index contributed by atoms with van der Waals surface area (Å²) in [5.74, 6) is -0.0935. The molecule has 0 heterocycles. The summed E-state index contributed by atoms with van der Waals surface area (Å²) in [6, 6.07) is 6.15. The van der Waals surface area contributed by atoms with Crippen LogP contribution in [0.2, 0.25) is 0 Å². The number of anilines is 1. The topological polar surface area (TPSA) is 46.3 Å². The number of amides is 1. The molecule has 2 rings (SSSR count). The lowest BCUT2D eigenvalue weighted by molar-refractivity contribution is -0.124. The Hall–Kier alpha value is -1.42. The maximum atomic E-state index is 13.1. The lowest BCUT2D eigenvalue weighted by atomic mass is 9.81. The van der Waals surface area contributed by atoms with E-state index >= 15 is 0 Å². The van der Waals surface area contributed by atoms with E-state index in [0.717, 1.165) is 31.4 Å². The number of halogens is 1. The molecular weight excluding hydrogens is 267 g/mol. The van der Waals surface area contributed by atoms with Crippen LogP contribution in [0.15, 0.2) is 24.3 Å². The maximum absolute atomic E-state index is 13.1. The molecule has 4 heteroatoms. The van der Waals surface area contributed by atoms with E-state index in [2.05, 4.69) is 13.8 Å². The van der Waals surface area contributed by atoms with Crippen LogP contribution in [-0.2, 0) is 4.79 Å². The molecular formula is C17H25FN2O. The Morgan fingerprint density at radius 3 is 2.57 bits per heavy atom. The maximum Gasteiger partial charge on any atom is 0.230 e. The Balaban J connectivity index is 2.23. The quantitative estimate of drug-likeness (QED) is 0.904. The lowest BCUT2D eigenvalue weighted by Crippen LogP contribution is -2.41. The van der Waals surface area contributed by atoms with Crippen molar-refractivity contribution in [3.8, 4) is 0 Å². The van der Waals surface area contributed by atoms with Crippen molar-refractivity contribution in [3.05, 3.63) is 30.1 Å². The summed E-state index contributed by atoms with van der Waals surface area (Å²) >= 11 is 0. The van der Waals surface area contributed by atoms with E-state index in [1.807, 2.05) is 0 Å². The van der Waals surface area contributed by atoms with E-state index < -0.39 is 0 Å². The second-order valence-corrected chi connectivity index (χ2v) is 6.54. The van der Waals surface area contributed by atoms with E-state index in [1.165, 1.54) is 12.1 Å². The van der Waals surface area contributed by atoms with Crippen molar-refractivity contribution in [2.24, 2.45) is 17.1 Å². The van der Waals surface area contributed by atoms with Crippen LogP contribution in [0, 0.1) is 17.2 Å². The fourth-order valence-electron chi connectivity index (χ4n) is 3.21. The monoisotopic (exact) mass is 292 g/mol. The summed E-state index contributed by atoms with van der Waals surface area (Å²) in [6.07, 6.45) is 3.86. The zero-order chi connectivity index (χ0) is 15.5. The Morgan fingerprint density at radius 2 is 2.05 bits per heavy atom. The van der Waals surface area contributed by atoms with Crippen LogP contribution in [0.3, 0.4) is 0 Å². The van der Waals surface area contributed by atoms with Crippen molar-refractivity contribution in [1.29, 1.82) is 0 Å². The van der Waals surface area contributed by atoms with Crippen molar-refractivity contribution >= 4 is 11.6 Å². The Bertz CT molecular complexity index is 484. The van der Waals surface area contributed by atoms with Gasteiger partial charge in [-0.05, 0) is 55.5 Å². The van der Waals surface area contributed by atoms with E-state index in [1.54, 1.807) is 17.0 Å². The molecule has 1 aliphatic rings. The molecule has 1 unspecified atom stereocenters. The van der Waals surface area contributed by atoms with Gasteiger partial charge < -0.3 is 10.6 Å². The van der Waals surface area contributed by atoms with Gasteiger partial charge in [-0.15, -0.1) is 0 Å². The van der Waals surface area contributed by atoms with Gasteiger partial charge in [-0.2, -0.15) is 0 Å². The molecule has 1 fully saturated rings. The van der Waals surface area contributed by atoms with Crippen LogP contribution < -0.4 is 10.6 Å². The molecule has 0 saturated heterocycles. The van der Waals surface area contributed by atoms with E-state index in [9.17, 15) is 9.18 Å². The average Bonchev–Trinajstić information content (AvgIpc) is 2.80. The third-order valence-corrected chi connectivity index (χ3v) is 4.55. The molecule has 1 aromatic carbocycles. The van der Waals surface area contributed by atoms with Crippen LogP contribution in [0.1, 0.15) is 39.5 Å². The molecule has 1 saturated carbocycles. The summed E-state index contributed by atoms with van der Waals surface area (Å²) in [7, 11) is 0. The number of carbonyl (C=O) groups is 1. The molecule has 3 nitrogen and oxygen atoms in total. The SMILES string of the molecule is CC1(C)CCCC1C(=O)N(CCCN)c1ccc(F)cc1. The summed E-state index contributed by atoms with van der Waals surface area (Å²) < 4.78 is 13.1. The van der Waals surface area contributed by atoms with Crippen molar-refractivity contribution < 1.29 is 9.18 Å². The van der Waals surface area contributed by atoms with Gasteiger partial charge in [0.2, 0.25) is 5.91 Å². The number of nitrogens with two attached hydrogens (primary N) is 1. The number of hydrogen-bond donors (Lipinski definition) is 1. The number of hydrogen-bond acceptors (Lipinski definition) is 2. The highest BCUT2D eigenvalue weighted by Crippen LogP contribution is 2.43. The summed E-state index contributed by atoms with van der Waals surface area (Å²) in [5, 5.41) is 0. The van der Waals surface area contributed by atoms with E-state index in [4.69, 9.17) is 5.73 Å². The first-order chi connectivity index (χ1) is 9.95. The molecule has 116 valence electrons. The van der Waals surface area contributed by atoms with Gasteiger partial charge in [0.1, 0.15) is 5.82 Å². The van der Waals surface area contributed by atoms with Crippen LogP contribution in [0.25, 0.3) is 0 Å². The third kappa shape index (κ3) is 3.62. The van der Waals surface area contributed by atoms with Gasteiger partial charge in [0.05, 0.1) is 0 Å². The van der Waals surface area contributed by atoms with Crippen molar-refractivity contribution in [3.63, 3.8) is 0 Å². The van der Waals surface area contributed by atoms with Crippen LogP contribution in [0.5, 0.6) is 0 Å². The average molecular weight is 292 g/mol. The fourth-order valence-corrected chi connectivity index (χ4v) is 3.21. The second-order valence-electron chi connectivity index (χ2n) is 6.54. The minimum absolute atomic E-state index is 0.0398. The molecule has 0 bridgehead atoms. The fraction of sp³-hybridized carbons (Fsp3) is 0.588. The van der Waals surface area contributed by atoms with Crippen LogP contribution in [-0.4, -0.2) is 19.0 Å². The summed E-state index contributed by atoms with van der Waals surface area (Å²) in [6.45, 7) is 5.45. The minimum atomic E-state index is -0.286. The van der Waals surface area contributed by atoms with Gasteiger partial charge in [-0.3, -0.25) is 4.79 Å². The second kappa shape index (κ2) is 6.56. The van der Waals surface area contributed by atoms with E-state index in [0.29, 0.717) is 13.1 Å². The predicted octanol–water partition coefficient (Wildman–Crippen LogP) is 3.33. The molecule has 1 aromatic rings. The third-order valence-electron chi connectivity index (χ3n) is 4.55. The first-order valence-electron chi connectivity index (χ1n) is 7.73. The Labute approximate surface area is 126 Å². The molecule has 0 radical (unpaired) electrons. The largest absolute Gasteiger partial charge is 0.330 e. The lowest BCUT2D eigenvalue weighted by Gasteiger charge is -2.32. The number of rotatable bonds is 5. The molecule has 0 spiro atoms. The molecule has 1 atom stereocenters. The zero-order valence-corrected chi connectivity index (χ0v) is 12.9. The molecule has 21 heavy (non-hydrogen) atoms. The molecule has 1 amide bonds. The van der Waals surface area contributed by atoms with Crippen molar-refractivity contribution in [2.45, 2.75) is 39.5 Å². The highest BCUT2D eigenvalue weighted by Gasteiger charge is 2.41. The smallest absolute Gasteiger partial charge is 0.230 e. The number of nitrogens with zero attached hydrogens (tertiary/aromatic N) is 1. The van der Waals surface area contributed by atoms with Gasteiger partial charge in [-0.25, -0.2) is 4.39 Å². The standard InChI is InChI=1S/C17H25FN2O/c1-17(2)10-3-5-15(17)16(21)20(12-4-11-19)14-8-6-13(18)7-9-14/h6-9,15H,3-5,10-12,19H2,1-2H3. The molecule has 1 aliphatic carbocycles. The first kappa shape index (κ1) is 16.0. The Kier molecular flexibility index (Phi) is 4.99. The van der Waals surface area contributed by atoms with Gasteiger partial charge >= 0.3 is 0 Å². The minimum Gasteiger partial charge on any atom is -0.330 e. The van der Waals surface area contributed by atoms with Gasteiger partial charge in [0, 0.05) is 18.2 Å². The summed E-state index contributed by atoms with van der Waals surface area (Å²) in [5.41, 5.74) is 6.39. The number of benzene rings is 1. The van der Waals surface area contributed by atoms with Crippen molar-refractivity contribution in [2.75, 3.05) is 18.0 Å². The Morgan fingerprint density at radius 1 is 1.38 bits per heavy atom. The van der Waals surface area contributed by atoms with Gasteiger partial charge in [-0.1, -0.05) is 20.3 Å². The molecule has 0 aliphatic heterocycles. The summed E-state index contributed by atoms with van der Waals surface area (Å²) in [4.78, 5) is 14.7. The molecule has 0 aromatic heterocycles. The van der Waals surface area contributed by atoms with Crippen LogP contribution in [0.4, 0.5) is 10.1 Å². The zero-order valence-electron chi connectivity index (χ0n) is 12.9. The van der Waals surface area contributed by atoms with Crippen molar-refractivity contribution in [1.82, 2.24) is 0 Å². The number of carbonyl (C=O) groups excluding carboxylic acids is 1. The predicted molar refractivity (Wildman–Crippen MR) is 83.5 cm³/mol. The van der Waals surface area contributed by atoms with Gasteiger partial charge in [0.25, 0.3) is 0 Å². The highest BCUT2D eigenvalue weighted by atomic mass is 19.1. The first-order valence-corrected chi connectivity index (χ1v) is 7.73. The van der Waals surface area contributed by atoms with Gasteiger partial charge in [0.15, 0.2) is 0 Å². The van der Waals surface area contributed by atoms with Crippen LogP contribution >= 0.6 is 0 Å². The normalized spacial score (nSPS) is 20.5. The van der Waals surface area contributed by atoms with E-state index in [-0.39, 0.29) is 23.1 Å².